The summed E-state index contributed by atoms with van der Waals surface area (Å²) < 4.78 is 6.48. The maximum Gasteiger partial charge on any atom is 0.219 e. The van der Waals surface area contributed by atoms with Crippen molar-refractivity contribution in [3.63, 3.8) is 0 Å². The SMILES string of the molecule is CC(=O)N1[C@@H]2CC[C@H]1CC(OC1CCN(Cc3ccc(C)s3)CC1)C2. The molecule has 0 aromatic carbocycles. The second-order valence-electron chi connectivity index (χ2n) is 8.03. The molecule has 3 aliphatic rings. The smallest absolute Gasteiger partial charge is 0.219 e. The molecule has 25 heavy (non-hydrogen) atoms. The molecule has 2 bridgehead atoms. The topological polar surface area (TPSA) is 32.8 Å². The monoisotopic (exact) mass is 362 g/mol. The average Bonchev–Trinajstić information content (AvgIpc) is 3.10. The van der Waals surface area contributed by atoms with E-state index >= 15 is 0 Å². The summed E-state index contributed by atoms with van der Waals surface area (Å²) in [5.74, 6) is 0.253. The number of aryl methyl sites for hydroxylation is 1. The maximum atomic E-state index is 11.8. The number of piperidine rings is 2. The van der Waals surface area contributed by atoms with Gasteiger partial charge in [-0.05, 0) is 57.6 Å². The summed E-state index contributed by atoms with van der Waals surface area (Å²) in [6.07, 6.45) is 7.50. The van der Waals surface area contributed by atoms with Crippen LogP contribution >= 0.6 is 11.3 Å². The van der Waals surface area contributed by atoms with Gasteiger partial charge in [-0.2, -0.15) is 0 Å². The molecule has 1 amide bonds. The van der Waals surface area contributed by atoms with Crippen molar-refractivity contribution in [1.29, 1.82) is 0 Å². The van der Waals surface area contributed by atoms with Gasteiger partial charge in [0, 0.05) is 48.4 Å². The van der Waals surface area contributed by atoms with Crippen molar-refractivity contribution >= 4 is 17.2 Å². The average molecular weight is 363 g/mol. The predicted molar refractivity (Wildman–Crippen MR) is 101 cm³/mol. The first kappa shape index (κ1) is 17.5. The highest BCUT2D eigenvalue weighted by Crippen LogP contribution is 2.37. The molecule has 0 radical (unpaired) electrons. The van der Waals surface area contributed by atoms with E-state index in [1.807, 2.05) is 11.3 Å². The van der Waals surface area contributed by atoms with Gasteiger partial charge in [0.1, 0.15) is 0 Å². The molecule has 138 valence electrons. The van der Waals surface area contributed by atoms with Gasteiger partial charge in [0.15, 0.2) is 0 Å². The van der Waals surface area contributed by atoms with E-state index in [4.69, 9.17) is 4.74 Å². The quantitative estimate of drug-likeness (QED) is 0.821. The molecule has 3 atom stereocenters. The number of fused-ring (bicyclic) bond motifs is 2. The fraction of sp³-hybridized carbons (Fsp3) is 0.750. The molecular formula is C20H30N2O2S. The number of rotatable bonds is 4. The van der Waals surface area contributed by atoms with Gasteiger partial charge in [0.05, 0.1) is 12.2 Å². The van der Waals surface area contributed by atoms with Gasteiger partial charge in [0.25, 0.3) is 0 Å². The molecule has 1 aromatic rings. The minimum absolute atomic E-state index is 0.253. The molecular weight excluding hydrogens is 332 g/mol. The van der Waals surface area contributed by atoms with Crippen LogP contribution in [0.25, 0.3) is 0 Å². The van der Waals surface area contributed by atoms with Gasteiger partial charge in [-0.15, -0.1) is 11.3 Å². The van der Waals surface area contributed by atoms with Crippen LogP contribution in [0.3, 0.4) is 0 Å². The largest absolute Gasteiger partial charge is 0.375 e. The minimum Gasteiger partial charge on any atom is -0.375 e. The minimum atomic E-state index is 0.253. The van der Waals surface area contributed by atoms with Crippen LogP contribution in [-0.2, 0) is 16.1 Å². The van der Waals surface area contributed by atoms with Crippen LogP contribution in [0, 0.1) is 6.92 Å². The van der Waals surface area contributed by atoms with Crippen LogP contribution in [0.1, 0.15) is 55.2 Å². The molecule has 1 aromatic heterocycles. The molecule has 3 saturated heterocycles. The van der Waals surface area contributed by atoms with Gasteiger partial charge in [-0.3, -0.25) is 9.69 Å². The first-order chi connectivity index (χ1) is 12.1. The summed E-state index contributed by atoms with van der Waals surface area (Å²) in [7, 11) is 0. The van der Waals surface area contributed by atoms with Crippen LogP contribution in [0.5, 0.6) is 0 Å². The third-order valence-electron chi connectivity index (χ3n) is 6.15. The Morgan fingerprint density at radius 2 is 1.80 bits per heavy atom. The summed E-state index contributed by atoms with van der Waals surface area (Å²) in [5.41, 5.74) is 0. The van der Waals surface area contributed by atoms with E-state index in [1.165, 1.54) is 22.6 Å². The first-order valence-corrected chi connectivity index (χ1v) is 10.6. The molecule has 4 heterocycles. The summed E-state index contributed by atoms with van der Waals surface area (Å²) >= 11 is 1.92. The highest BCUT2D eigenvalue weighted by Gasteiger charge is 2.43. The molecule has 0 aliphatic carbocycles. The highest BCUT2D eigenvalue weighted by molar-refractivity contribution is 7.11. The Morgan fingerprint density at radius 3 is 2.36 bits per heavy atom. The van der Waals surface area contributed by atoms with Gasteiger partial charge in [-0.25, -0.2) is 0 Å². The third-order valence-corrected chi connectivity index (χ3v) is 7.13. The molecule has 3 fully saturated rings. The Kier molecular flexibility index (Phi) is 5.16. The Labute approximate surface area is 155 Å². The Hall–Kier alpha value is -0.910. The standard InChI is InChI=1S/C20H30N2O2S/c1-14-3-6-20(25-14)13-21-9-7-18(8-10-21)24-19-11-16-4-5-17(12-19)22(16)15(2)23/h3,6,16-19H,4-5,7-13H2,1-2H3/t16-,17+,19?. The number of hydrogen-bond acceptors (Lipinski definition) is 4. The fourth-order valence-corrected chi connectivity index (χ4v) is 5.95. The summed E-state index contributed by atoms with van der Waals surface area (Å²) in [6.45, 7) is 7.27. The lowest BCUT2D eigenvalue weighted by atomic mass is 9.98. The molecule has 0 spiro atoms. The Morgan fingerprint density at radius 1 is 1.12 bits per heavy atom. The molecule has 3 aliphatic heterocycles. The second kappa shape index (κ2) is 7.37. The van der Waals surface area contributed by atoms with E-state index < -0.39 is 0 Å². The first-order valence-electron chi connectivity index (χ1n) is 9.80. The van der Waals surface area contributed by atoms with Crippen LogP contribution < -0.4 is 0 Å². The Bertz CT molecular complexity index is 595. The van der Waals surface area contributed by atoms with Crippen molar-refractivity contribution in [2.75, 3.05) is 13.1 Å². The van der Waals surface area contributed by atoms with Gasteiger partial charge in [0.2, 0.25) is 5.91 Å². The zero-order valence-corrected chi connectivity index (χ0v) is 16.3. The van der Waals surface area contributed by atoms with Crippen molar-refractivity contribution in [3.05, 3.63) is 21.9 Å². The molecule has 0 saturated carbocycles. The van der Waals surface area contributed by atoms with Crippen LogP contribution in [0.2, 0.25) is 0 Å². The number of carbonyl (C=O) groups is 1. The summed E-state index contributed by atoms with van der Waals surface area (Å²) in [6, 6.07) is 5.35. The fourth-order valence-electron chi connectivity index (χ4n) is 5.02. The van der Waals surface area contributed by atoms with E-state index in [0.29, 0.717) is 24.3 Å². The molecule has 4 rings (SSSR count). The molecule has 0 N–H and O–H groups in total. The van der Waals surface area contributed by atoms with E-state index in [2.05, 4.69) is 28.9 Å². The van der Waals surface area contributed by atoms with E-state index in [9.17, 15) is 4.79 Å². The number of carbonyl (C=O) groups excluding carboxylic acids is 1. The van der Waals surface area contributed by atoms with Gasteiger partial charge < -0.3 is 9.64 Å². The summed E-state index contributed by atoms with van der Waals surface area (Å²) in [4.78, 5) is 19.4. The zero-order chi connectivity index (χ0) is 17.4. The van der Waals surface area contributed by atoms with Crippen molar-refractivity contribution in [2.24, 2.45) is 0 Å². The number of hydrogen-bond donors (Lipinski definition) is 0. The lowest BCUT2D eigenvalue weighted by Crippen LogP contribution is -2.49. The van der Waals surface area contributed by atoms with Crippen LogP contribution in [0.4, 0.5) is 0 Å². The van der Waals surface area contributed by atoms with Crippen molar-refractivity contribution in [2.45, 2.75) is 83.2 Å². The number of likely N-dealkylation sites (tertiary alicyclic amines) is 1. The van der Waals surface area contributed by atoms with Crippen LogP contribution in [-0.4, -0.2) is 53.1 Å². The normalized spacial score (nSPS) is 30.8. The van der Waals surface area contributed by atoms with Crippen molar-refractivity contribution < 1.29 is 9.53 Å². The number of thiophene rings is 1. The van der Waals surface area contributed by atoms with Gasteiger partial charge >= 0.3 is 0 Å². The van der Waals surface area contributed by atoms with E-state index in [-0.39, 0.29) is 5.91 Å². The molecule has 5 heteroatoms. The molecule has 4 nitrogen and oxygen atoms in total. The van der Waals surface area contributed by atoms with Gasteiger partial charge in [-0.1, -0.05) is 0 Å². The maximum absolute atomic E-state index is 11.8. The van der Waals surface area contributed by atoms with Crippen molar-refractivity contribution in [3.8, 4) is 0 Å². The lowest BCUT2D eigenvalue weighted by molar-refractivity contribution is -0.138. The summed E-state index contributed by atoms with van der Waals surface area (Å²) in [5, 5.41) is 0. The van der Waals surface area contributed by atoms with Crippen LogP contribution in [0.15, 0.2) is 12.1 Å². The molecule has 1 unspecified atom stereocenters. The number of ether oxygens (including phenoxy) is 1. The Balaban J connectivity index is 1.24. The zero-order valence-electron chi connectivity index (χ0n) is 15.4. The number of nitrogens with zero attached hydrogens (tertiary/aromatic N) is 2. The predicted octanol–water partition coefficient (Wildman–Crippen LogP) is 3.58. The highest BCUT2D eigenvalue weighted by atomic mass is 32.1. The van der Waals surface area contributed by atoms with E-state index in [0.717, 1.165) is 45.3 Å². The third kappa shape index (κ3) is 3.93. The number of amides is 1. The van der Waals surface area contributed by atoms with E-state index in [1.54, 1.807) is 6.92 Å². The second-order valence-corrected chi connectivity index (χ2v) is 9.40. The van der Waals surface area contributed by atoms with Crippen molar-refractivity contribution in [1.82, 2.24) is 9.80 Å². The lowest BCUT2D eigenvalue weighted by Gasteiger charge is -2.40.